The van der Waals surface area contributed by atoms with Gasteiger partial charge in [0, 0.05) is 0 Å². The molecule has 0 spiro atoms. The Kier molecular flexibility index (Phi) is 4.67. The number of carbonyl (C=O) groups excluding carboxylic acids is 2. The number of halogens is 1. The monoisotopic (exact) mass is 454 g/mol. The van der Waals surface area contributed by atoms with Gasteiger partial charge in [0.1, 0.15) is 17.1 Å². The Morgan fingerprint density at radius 1 is 1.25 bits per heavy atom. The van der Waals surface area contributed by atoms with Crippen LogP contribution in [0.5, 0.6) is 5.75 Å². The molecule has 24 heavy (non-hydrogen) atoms. The standard InChI is InChI=1S/C16H11IN2O4S/c1-22-12-5-3-2-4-11(12)19-15(21)10(14(20)18-16(19)24)8-9-6-7-13(17)23-9/h2-8H,1H3,(H,18,20,24)/b10-8+. The first-order valence-electron chi connectivity index (χ1n) is 6.81. The summed E-state index contributed by atoms with van der Waals surface area (Å²) in [7, 11) is 1.50. The highest BCUT2D eigenvalue weighted by atomic mass is 127. The molecule has 2 aromatic rings. The van der Waals surface area contributed by atoms with Crippen LogP contribution in [0.4, 0.5) is 5.69 Å². The van der Waals surface area contributed by atoms with Crippen LogP contribution in [0.15, 0.2) is 46.4 Å². The minimum absolute atomic E-state index is 0.000625. The lowest BCUT2D eigenvalue weighted by molar-refractivity contribution is -0.122. The third-order valence-electron chi connectivity index (χ3n) is 3.31. The van der Waals surface area contributed by atoms with Crippen LogP contribution in [-0.4, -0.2) is 24.0 Å². The van der Waals surface area contributed by atoms with Gasteiger partial charge in [-0.3, -0.25) is 14.9 Å². The Morgan fingerprint density at radius 2 is 2.00 bits per heavy atom. The fourth-order valence-electron chi connectivity index (χ4n) is 2.24. The molecular formula is C16H11IN2O4S. The smallest absolute Gasteiger partial charge is 0.270 e. The predicted molar refractivity (Wildman–Crippen MR) is 101 cm³/mol. The van der Waals surface area contributed by atoms with Crippen molar-refractivity contribution in [3.05, 3.63) is 51.5 Å². The molecule has 0 saturated carbocycles. The molecule has 122 valence electrons. The van der Waals surface area contributed by atoms with E-state index in [0.717, 1.165) is 0 Å². The first-order valence-corrected chi connectivity index (χ1v) is 8.30. The Hall–Kier alpha value is -2.20. The van der Waals surface area contributed by atoms with Crippen LogP contribution < -0.4 is 15.0 Å². The fraction of sp³-hybridized carbons (Fsp3) is 0.0625. The summed E-state index contributed by atoms with van der Waals surface area (Å²) < 4.78 is 11.3. The number of thiocarbonyl (C=S) groups is 1. The molecule has 0 radical (unpaired) electrons. The summed E-state index contributed by atoms with van der Waals surface area (Å²) in [6, 6.07) is 10.3. The van der Waals surface area contributed by atoms with Crippen molar-refractivity contribution in [2.45, 2.75) is 0 Å². The number of nitrogens with zero attached hydrogens (tertiary/aromatic N) is 1. The molecule has 0 unspecified atom stereocenters. The SMILES string of the molecule is COc1ccccc1N1C(=O)/C(=C/c2ccc(I)o2)C(=O)NC1=S. The lowest BCUT2D eigenvalue weighted by atomic mass is 10.1. The van der Waals surface area contributed by atoms with E-state index < -0.39 is 11.8 Å². The number of furan rings is 1. The lowest BCUT2D eigenvalue weighted by Gasteiger charge is -2.29. The van der Waals surface area contributed by atoms with Crippen LogP contribution in [0, 0.1) is 3.77 Å². The van der Waals surface area contributed by atoms with Gasteiger partial charge in [0.25, 0.3) is 11.8 Å². The molecule has 1 aromatic carbocycles. The number of amides is 2. The molecule has 1 aliphatic heterocycles. The number of carbonyl (C=O) groups is 2. The molecule has 1 aliphatic rings. The summed E-state index contributed by atoms with van der Waals surface area (Å²) in [5.41, 5.74) is 0.384. The highest BCUT2D eigenvalue weighted by molar-refractivity contribution is 14.1. The average molecular weight is 454 g/mol. The second-order valence-corrected chi connectivity index (χ2v) is 6.22. The van der Waals surface area contributed by atoms with Crippen LogP contribution in [0.3, 0.4) is 0 Å². The third-order valence-corrected chi connectivity index (χ3v) is 4.17. The van der Waals surface area contributed by atoms with Crippen LogP contribution in [0.25, 0.3) is 6.08 Å². The Bertz CT molecular complexity index is 874. The zero-order chi connectivity index (χ0) is 17.3. The van der Waals surface area contributed by atoms with Gasteiger partial charge in [-0.2, -0.15) is 0 Å². The van der Waals surface area contributed by atoms with Gasteiger partial charge in [0.2, 0.25) is 0 Å². The van der Waals surface area contributed by atoms with E-state index in [2.05, 4.69) is 5.32 Å². The van der Waals surface area contributed by atoms with E-state index in [1.54, 1.807) is 36.4 Å². The van der Waals surface area contributed by atoms with Crippen LogP contribution >= 0.6 is 34.8 Å². The van der Waals surface area contributed by atoms with Crippen molar-refractivity contribution in [3.8, 4) is 5.75 Å². The highest BCUT2D eigenvalue weighted by Gasteiger charge is 2.35. The molecule has 0 atom stereocenters. The summed E-state index contributed by atoms with van der Waals surface area (Å²) in [4.78, 5) is 26.2. The maximum Gasteiger partial charge on any atom is 0.270 e. The van der Waals surface area contributed by atoms with Crippen molar-refractivity contribution in [1.29, 1.82) is 0 Å². The van der Waals surface area contributed by atoms with Crippen molar-refractivity contribution in [3.63, 3.8) is 0 Å². The Balaban J connectivity index is 2.05. The molecule has 1 N–H and O–H groups in total. The van der Waals surface area contributed by atoms with Crippen molar-refractivity contribution in [2.75, 3.05) is 12.0 Å². The molecular weight excluding hydrogens is 443 g/mol. The second-order valence-electron chi connectivity index (χ2n) is 4.77. The second kappa shape index (κ2) is 6.73. The number of methoxy groups -OCH3 is 1. The number of nitrogens with one attached hydrogen (secondary N) is 1. The molecule has 1 aromatic heterocycles. The minimum Gasteiger partial charge on any atom is -0.495 e. The van der Waals surface area contributed by atoms with Gasteiger partial charge in [-0.1, -0.05) is 12.1 Å². The first kappa shape index (κ1) is 16.7. The van der Waals surface area contributed by atoms with Gasteiger partial charge in [-0.05, 0) is 65.2 Å². The summed E-state index contributed by atoms with van der Waals surface area (Å²) >= 11 is 7.16. The van der Waals surface area contributed by atoms with Crippen molar-refractivity contribution in [1.82, 2.24) is 5.32 Å². The van der Waals surface area contributed by atoms with Crippen LogP contribution in [-0.2, 0) is 9.59 Å². The normalized spacial score (nSPS) is 16.5. The number of ether oxygens (including phenoxy) is 1. The van der Waals surface area contributed by atoms with Gasteiger partial charge >= 0.3 is 0 Å². The number of para-hydroxylation sites is 2. The van der Waals surface area contributed by atoms with E-state index in [0.29, 0.717) is 21.0 Å². The molecule has 2 amide bonds. The van der Waals surface area contributed by atoms with E-state index in [-0.39, 0.29) is 10.7 Å². The molecule has 6 nitrogen and oxygen atoms in total. The van der Waals surface area contributed by atoms with Crippen molar-refractivity contribution >= 4 is 63.5 Å². The third kappa shape index (κ3) is 3.06. The van der Waals surface area contributed by atoms with Crippen molar-refractivity contribution < 1.29 is 18.7 Å². The molecule has 2 heterocycles. The summed E-state index contributed by atoms with van der Waals surface area (Å²) in [6.45, 7) is 0. The fourth-order valence-corrected chi connectivity index (χ4v) is 2.95. The lowest BCUT2D eigenvalue weighted by Crippen LogP contribution is -2.54. The summed E-state index contributed by atoms with van der Waals surface area (Å²) in [6.07, 6.45) is 1.39. The number of benzene rings is 1. The van der Waals surface area contributed by atoms with Gasteiger partial charge < -0.3 is 9.15 Å². The Labute approximate surface area is 156 Å². The van der Waals surface area contributed by atoms with Crippen LogP contribution in [0.2, 0.25) is 0 Å². The van der Waals surface area contributed by atoms with E-state index in [1.807, 2.05) is 22.6 Å². The molecule has 1 saturated heterocycles. The molecule has 1 fully saturated rings. The number of hydrogen-bond donors (Lipinski definition) is 1. The van der Waals surface area contributed by atoms with E-state index >= 15 is 0 Å². The largest absolute Gasteiger partial charge is 0.495 e. The predicted octanol–water partition coefficient (Wildman–Crippen LogP) is 2.72. The maximum absolute atomic E-state index is 12.8. The van der Waals surface area contributed by atoms with E-state index in [9.17, 15) is 9.59 Å². The first-order chi connectivity index (χ1) is 11.5. The van der Waals surface area contributed by atoms with E-state index in [1.165, 1.54) is 18.1 Å². The highest BCUT2D eigenvalue weighted by Crippen LogP contribution is 2.30. The van der Waals surface area contributed by atoms with Crippen molar-refractivity contribution in [2.24, 2.45) is 0 Å². The Morgan fingerprint density at radius 3 is 2.67 bits per heavy atom. The number of anilines is 1. The van der Waals surface area contributed by atoms with Gasteiger partial charge in [0.05, 0.1) is 12.8 Å². The summed E-state index contributed by atoms with van der Waals surface area (Å²) in [5.74, 6) is -0.232. The minimum atomic E-state index is -0.567. The number of hydrogen-bond acceptors (Lipinski definition) is 5. The van der Waals surface area contributed by atoms with E-state index in [4.69, 9.17) is 21.4 Å². The average Bonchev–Trinajstić information content (AvgIpc) is 2.97. The van der Waals surface area contributed by atoms with Crippen LogP contribution in [0.1, 0.15) is 5.76 Å². The van der Waals surface area contributed by atoms with Gasteiger partial charge in [-0.25, -0.2) is 4.90 Å². The topological polar surface area (TPSA) is 71.8 Å². The number of rotatable bonds is 3. The van der Waals surface area contributed by atoms with Gasteiger partial charge in [-0.15, -0.1) is 0 Å². The molecule has 0 bridgehead atoms. The zero-order valence-electron chi connectivity index (χ0n) is 12.4. The van der Waals surface area contributed by atoms with Gasteiger partial charge in [0.15, 0.2) is 8.88 Å². The molecule has 3 rings (SSSR count). The summed E-state index contributed by atoms with van der Waals surface area (Å²) in [5, 5.41) is 2.52. The zero-order valence-corrected chi connectivity index (χ0v) is 15.4. The maximum atomic E-state index is 12.8. The molecule has 0 aliphatic carbocycles. The molecule has 8 heteroatoms. The quantitative estimate of drug-likeness (QED) is 0.334.